The van der Waals surface area contributed by atoms with Gasteiger partial charge >= 0.3 is 0 Å². The summed E-state index contributed by atoms with van der Waals surface area (Å²) in [5.41, 5.74) is 2.28. The van der Waals surface area contributed by atoms with Gasteiger partial charge in [-0.05, 0) is 37.3 Å². The minimum Gasteiger partial charge on any atom is -0.496 e. The third-order valence-corrected chi connectivity index (χ3v) is 4.49. The van der Waals surface area contributed by atoms with Crippen LogP contribution in [0.1, 0.15) is 21.5 Å². The Morgan fingerprint density at radius 2 is 1.56 bits per heavy atom. The van der Waals surface area contributed by atoms with Crippen molar-refractivity contribution in [2.45, 2.75) is 13.5 Å². The summed E-state index contributed by atoms with van der Waals surface area (Å²) in [6.07, 6.45) is 0. The molecule has 0 aliphatic heterocycles. The Balaban J connectivity index is 2.30. The molecule has 0 N–H and O–H groups in total. The van der Waals surface area contributed by atoms with Crippen LogP contribution in [0.2, 0.25) is 0 Å². The Kier molecular flexibility index (Phi) is 6.31. The molecule has 0 spiro atoms. The zero-order chi connectivity index (χ0) is 18.6. The second kappa shape index (κ2) is 8.25. The highest BCUT2D eigenvalue weighted by atomic mass is 79.9. The van der Waals surface area contributed by atoms with E-state index >= 15 is 0 Å². The second-order valence-corrected chi connectivity index (χ2v) is 6.54. The first-order chi connectivity index (χ1) is 11.9. The molecule has 0 heterocycles. The molecule has 0 bridgehead atoms. The number of hydrogen-bond donors (Lipinski definition) is 0. The average molecular weight is 408 g/mol. The second-order valence-electron chi connectivity index (χ2n) is 5.62. The van der Waals surface area contributed by atoms with Crippen molar-refractivity contribution < 1.29 is 19.0 Å². The third-order valence-electron chi connectivity index (χ3n) is 4.00. The van der Waals surface area contributed by atoms with Crippen LogP contribution in [0.4, 0.5) is 0 Å². The smallest absolute Gasteiger partial charge is 0.254 e. The Labute approximate surface area is 156 Å². The molecule has 0 unspecified atom stereocenters. The van der Waals surface area contributed by atoms with Crippen molar-refractivity contribution in [2.75, 3.05) is 28.4 Å². The van der Waals surface area contributed by atoms with E-state index in [4.69, 9.17) is 14.2 Å². The van der Waals surface area contributed by atoms with Crippen molar-refractivity contribution >= 4 is 21.8 Å². The molecule has 2 rings (SSSR count). The molecule has 6 heteroatoms. The minimum absolute atomic E-state index is 0.126. The predicted octanol–water partition coefficient (Wildman–Crippen LogP) is 4.06. The van der Waals surface area contributed by atoms with E-state index in [-0.39, 0.29) is 5.91 Å². The zero-order valence-electron chi connectivity index (χ0n) is 15.1. The van der Waals surface area contributed by atoms with Gasteiger partial charge in [-0.3, -0.25) is 4.79 Å². The lowest BCUT2D eigenvalue weighted by Crippen LogP contribution is -2.26. The van der Waals surface area contributed by atoms with Gasteiger partial charge in [0.05, 0.1) is 21.3 Å². The molecular weight excluding hydrogens is 386 g/mol. The van der Waals surface area contributed by atoms with E-state index in [1.807, 2.05) is 25.1 Å². The molecule has 1 amide bonds. The van der Waals surface area contributed by atoms with E-state index in [0.717, 1.165) is 21.3 Å². The van der Waals surface area contributed by atoms with Crippen molar-refractivity contribution in [3.8, 4) is 17.2 Å². The van der Waals surface area contributed by atoms with E-state index in [1.54, 1.807) is 45.4 Å². The van der Waals surface area contributed by atoms with E-state index < -0.39 is 0 Å². The summed E-state index contributed by atoms with van der Waals surface area (Å²) < 4.78 is 17.0. The fraction of sp³-hybridized carbons (Fsp3) is 0.316. The van der Waals surface area contributed by atoms with E-state index in [1.165, 1.54) is 0 Å². The maximum Gasteiger partial charge on any atom is 0.254 e. The van der Waals surface area contributed by atoms with Gasteiger partial charge in [0.2, 0.25) is 0 Å². The quantitative estimate of drug-likeness (QED) is 0.724. The van der Waals surface area contributed by atoms with Gasteiger partial charge in [-0.25, -0.2) is 0 Å². The molecule has 0 saturated carbocycles. The summed E-state index contributed by atoms with van der Waals surface area (Å²) in [7, 11) is 6.52. The first-order valence-corrected chi connectivity index (χ1v) is 8.51. The lowest BCUT2D eigenvalue weighted by atomic mass is 10.1. The SMILES string of the molecule is COc1ccc(Br)cc1CN(C)C(=O)c1cc(OC)c(C)c(OC)c1. The van der Waals surface area contributed by atoms with Gasteiger partial charge < -0.3 is 19.1 Å². The summed E-state index contributed by atoms with van der Waals surface area (Å²) in [6, 6.07) is 9.18. The number of methoxy groups -OCH3 is 3. The molecule has 0 aromatic heterocycles. The summed E-state index contributed by atoms with van der Waals surface area (Å²) in [5, 5.41) is 0. The van der Waals surface area contributed by atoms with Gasteiger partial charge in [0.15, 0.2) is 0 Å². The van der Waals surface area contributed by atoms with Crippen LogP contribution in [-0.2, 0) is 6.54 Å². The Morgan fingerprint density at radius 3 is 2.08 bits per heavy atom. The minimum atomic E-state index is -0.126. The molecule has 5 nitrogen and oxygen atoms in total. The Bertz CT molecular complexity index is 751. The molecule has 2 aromatic rings. The summed E-state index contributed by atoms with van der Waals surface area (Å²) in [4.78, 5) is 14.5. The van der Waals surface area contributed by atoms with Gasteiger partial charge in [-0.1, -0.05) is 15.9 Å². The molecule has 0 aliphatic carbocycles. The topological polar surface area (TPSA) is 48.0 Å². The van der Waals surface area contributed by atoms with Crippen molar-refractivity contribution in [2.24, 2.45) is 0 Å². The molecular formula is C19H22BrNO4. The molecule has 0 saturated heterocycles. The maximum absolute atomic E-state index is 12.8. The molecule has 0 atom stereocenters. The van der Waals surface area contributed by atoms with Crippen LogP contribution < -0.4 is 14.2 Å². The van der Waals surface area contributed by atoms with Crippen molar-refractivity contribution in [3.05, 3.63) is 51.5 Å². The lowest BCUT2D eigenvalue weighted by Gasteiger charge is -2.20. The normalized spacial score (nSPS) is 10.3. The lowest BCUT2D eigenvalue weighted by molar-refractivity contribution is 0.0783. The number of halogens is 1. The molecule has 134 valence electrons. The number of ether oxygens (including phenoxy) is 3. The monoisotopic (exact) mass is 407 g/mol. The number of benzene rings is 2. The Hall–Kier alpha value is -2.21. The van der Waals surface area contributed by atoms with Gasteiger partial charge in [0.25, 0.3) is 5.91 Å². The molecule has 25 heavy (non-hydrogen) atoms. The average Bonchev–Trinajstić information content (AvgIpc) is 2.61. The number of carbonyl (C=O) groups excluding carboxylic acids is 1. The highest BCUT2D eigenvalue weighted by Gasteiger charge is 2.18. The van der Waals surface area contributed by atoms with Crippen LogP contribution in [0, 0.1) is 6.92 Å². The van der Waals surface area contributed by atoms with Crippen LogP contribution in [0.15, 0.2) is 34.8 Å². The first-order valence-electron chi connectivity index (χ1n) is 7.71. The standard InChI is InChI=1S/C19H22BrNO4/c1-12-17(24-4)9-13(10-18(12)25-5)19(22)21(2)11-14-8-15(20)6-7-16(14)23-3/h6-10H,11H2,1-5H3. The number of amides is 1. The van der Waals surface area contributed by atoms with Crippen LogP contribution in [0.3, 0.4) is 0 Å². The van der Waals surface area contributed by atoms with Gasteiger partial charge in [0.1, 0.15) is 17.2 Å². The summed E-state index contributed by atoms with van der Waals surface area (Å²) in [5.74, 6) is 1.85. The van der Waals surface area contributed by atoms with Crippen molar-refractivity contribution in [1.82, 2.24) is 4.90 Å². The first kappa shape index (κ1) is 19.1. The fourth-order valence-electron chi connectivity index (χ4n) is 2.63. The van der Waals surface area contributed by atoms with Gasteiger partial charge in [-0.2, -0.15) is 0 Å². The zero-order valence-corrected chi connectivity index (χ0v) is 16.6. The van der Waals surface area contributed by atoms with E-state index in [2.05, 4.69) is 15.9 Å². The predicted molar refractivity (Wildman–Crippen MR) is 101 cm³/mol. The highest BCUT2D eigenvalue weighted by Crippen LogP contribution is 2.30. The van der Waals surface area contributed by atoms with Crippen molar-refractivity contribution in [1.29, 1.82) is 0 Å². The number of carbonyl (C=O) groups is 1. The molecule has 0 radical (unpaired) electrons. The van der Waals surface area contributed by atoms with E-state index in [9.17, 15) is 4.79 Å². The van der Waals surface area contributed by atoms with Crippen LogP contribution in [0.25, 0.3) is 0 Å². The van der Waals surface area contributed by atoms with E-state index in [0.29, 0.717) is 23.6 Å². The number of nitrogens with zero attached hydrogens (tertiary/aromatic N) is 1. The van der Waals surface area contributed by atoms with Crippen LogP contribution in [-0.4, -0.2) is 39.2 Å². The molecule has 0 fully saturated rings. The van der Waals surface area contributed by atoms with Gasteiger partial charge in [0, 0.05) is 34.8 Å². The van der Waals surface area contributed by atoms with Crippen molar-refractivity contribution in [3.63, 3.8) is 0 Å². The van der Waals surface area contributed by atoms with Gasteiger partial charge in [-0.15, -0.1) is 0 Å². The van der Waals surface area contributed by atoms with Crippen LogP contribution in [0.5, 0.6) is 17.2 Å². The maximum atomic E-state index is 12.8. The Morgan fingerprint density at radius 1 is 1.00 bits per heavy atom. The molecule has 2 aromatic carbocycles. The molecule has 0 aliphatic rings. The summed E-state index contributed by atoms with van der Waals surface area (Å²) in [6.45, 7) is 2.31. The third kappa shape index (κ3) is 4.25. The van der Waals surface area contributed by atoms with Crippen LogP contribution >= 0.6 is 15.9 Å². The summed E-state index contributed by atoms with van der Waals surface area (Å²) >= 11 is 3.45. The fourth-order valence-corrected chi connectivity index (χ4v) is 3.04. The number of hydrogen-bond acceptors (Lipinski definition) is 4. The number of rotatable bonds is 6. The highest BCUT2D eigenvalue weighted by molar-refractivity contribution is 9.10. The largest absolute Gasteiger partial charge is 0.496 e.